The van der Waals surface area contributed by atoms with Gasteiger partial charge >= 0.3 is 11.5 Å². The Kier molecular flexibility index (Phi) is 8.26. The highest BCUT2D eigenvalue weighted by Crippen LogP contribution is 2.39. The maximum atomic E-state index is 13.4. The number of thioether (sulfide) groups is 1. The van der Waals surface area contributed by atoms with Gasteiger partial charge in [0.05, 0.1) is 5.69 Å². The number of urea groups is 1. The predicted molar refractivity (Wildman–Crippen MR) is 156 cm³/mol. The minimum absolute atomic E-state index is 0.0405. The van der Waals surface area contributed by atoms with E-state index in [2.05, 4.69) is 15.6 Å². The Morgan fingerprint density at radius 3 is 2.27 bits per heavy atom. The second kappa shape index (κ2) is 11.3. The first-order valence-electron chi connectivity index (χ1n) is 12.1. The first-order chi connectivity index (χ1) is 18.7. The molecule has 210 valence electrons. The van der Waals surface area contributed by atoms with Crippen LogP contribution in [0.2, 0.25) is 0 Å². The Labute approximate surface area is 239 Å². The lowest BCUT2D eigenvalue weighted by Crippen LogP contribution is -2.43. The Balaban J connectivity index is 1.45. The van der Waals surface area contributed by atoms with Crippen molar-refractivity contribution in [1.82, 2.24) is 9.88 Å². The normalized spacial score (nSPS) is 14.9. The minimum Gasteiger partial charge on any atom is -0.378 e. The molecular weight excluding hydrogens is 561 g/mol. The van der Waals surface area contributed by atoms with Gasteiger partial charge in [-0.3, -0.25) is 4.79 Å². The van der Waals surface area contributed by atoms with E-state index in [0.717, 1.165) is 16.3 Å². The summed E-state index contributed by atoms with van der Waals surface area (Å²) in [5, 5.41) is 6.45. The molecule has 13 heteroatoms. The molecule has 3 aromatic rings. The Hall–Kier alpha value is -3.84. The first-order valence-corrected chi connectivity index (χ1v) is 13.3. The van der Waals surface area contributed by atoms with Gasteiger partial charge < -0.3 is 20.4 Å². The summed E-state index contributed by atoms with van der Waals surface area (Å²) < 4.78 is 38.0. The molecule has 0 bridgehead atoms. The van der Waals surface area contributed by atoms with Gasteiger partial charge in [0, 0.05) is 43.1 Å². The number of alkyl halides is 3. The number of thiocarbonyl (C=S) groups is 1. The van der Waals surface area contributed by atoms with Crippen LogP contribution in [-0.2, 0) is 11.3 Å². The van der Waals surface area contributed by atoms with E-state index in [0.29, 0.717) is 16.5 Å². The van der Waals surface area contributed by atoms with E-state index in [1.165, 1.54) is 29.2 Å². The molecule has 2 aromatic carbocycles. The van der Waals surface area contributed by atoms with Crippen LogP contribution in [0.4, 0.5) is 40.8 Å². The van der Waals surface area contributed by atoms with Crippen molar-refractivity contribution >= 4 is 63.9 Å². The zero-order chi connectivity index (χ0) is 29.2. The van der Waals surface area contributed by atoms with Crippen LogP contribution in [-0.4, -0.2) is 52.1 Å². The summed E-state index contributed by atoms with van der Waals surface area (Å²) in [7, 11) is 3.91. The van der Waals surface area contributed by atoms with Crippen LogP contribution in [0.1, 0.15) is 19.4 Å². The number of rotatable bonds is 7. The fourth-order valence-electron chi connectivity index (χ4n) is 4.07. The largest absolute Gasteiger partial charge is 0.446 e. The molecule has 2 heterocycles. The fourth-order valence-corrected chi connectivity index (χ4v) is 4.83. The highest BCUT2D eigenvalue weighted by molar-refractivity contribution is 8.00. The van der Waals surface area contributed by atoms with E-state index < -0.39 is 23.0 Å². The lowest BCUT2D eigenvalue weighted by molar-refractivity contribution is -0.123. The third-order valence-electron chi connectivity index (χ3n) is 6.20. The van der Waals surface area contributed by atoms with Gasteiger partial charge in [-0.25, -0.2) is 14.7 Å². The first kappa shape index (κ1) is 29.2. The summed E-state index contributed by atoms with van der Waals surface area (Å²) in [5.41, 5.74) is -2.88. The number of hydrogen-bond donors (Lipinski definition) is 2. The topological polar surface area (TPSA) is 80.8 Å². The molecule has 0 unspecified atom stereocenters. The van der Waals surface area contributed by atoms with E-state index in [1.807, 2.05) is 43.3 Å². The van der Waals surface area contributed by atoms with Crippen LogP contribution in [0, 0.1) is 0 Å². The molecule has 1 fully saturated rings. The molecule has 0 aliphatic carbocycles. The van der Waals surface area contributed by atoms with Gasteiger partial charge in [0.2, 0.25) is 0 Å². The molecule has 1 saturated heterocycles. The number of halogens is 3. The van der Waals surface area contributed by atoms with E-state index in [4.69, 9.17) is 12.2 Å². The fraction of sp³-hybridized carbons (Fsp3) is 0.259. The van der Waals surface area contributed by atoms with Crippen LogP contribution in [0.25, 0.3) is 0 Å². The molecule has 1 aliphatic heterocycles. The number of imide groups is 1. The van der Waals surface area contributed by atoms with Crippen molar-refractivity contribution < 1.29 is 22.8 Å². The van der Waals surface area contributed by atoms with Crippen molar-refractivity contribution in [2.24, 2.45) is 0 Å². The third kappa shape index (κ3) is 6.65. The summed E-state index contributed by atoms with van der Waals surface area (Å²) in [6.45, 7) is 3.35. The molecule has 1 aliphatic rings. The number of benzene rings is 2. The van der Waals surface area contributed by atoms with Crippen molar-refractivity contribution in [1.29, 1.82) is 0 Å². The van der Waals surface area contributed by atoms with Crippen LogP contribution < -0.4 is 20.4 Å². The molecule has 3 amide bonds. The van der Waals surface area contributed by atoms with Crippen molar-refractivity contribution in [3.05, 3.63) is 72.4 Å². The number of pyridine rings is 1. The minimum atomic E-state index is -4.44. The Bertz CT molecular complexity index is 1410. The van der Waals surface area contributed by atoms with Gasteiger partial charge in [-0.15, -0.1) is 0 Å². The quantitative estimate of drug-likeness (QED) is 0.189. The van der Waals surface area contributed by atoms with Gasteiger partial charge in [0.15, 0.2) is 5.11 Å². The maximum absolute atomic E-state index is 13.4. The van der Waals surface area contributed by atoms with E-state index in [-0.39, 0.29) is 28.9 Å². The zero-order valence-corrected chi connectivity index (χ0v) is 23.7. The molecule has 0 radical (unpaired) electrons. The number of hydrogen-bond acceptors (Lipinski definition) is 6. The van der Waals surface area contributed by atoms with Crippen LogP contribution in [0.5, 0.6) is 0 Å². The van der Waals surface area contributed by atoms with Gasteiger partial charge in [0.25, 0.3) is 5.91 Å². The second-order valence-corrected chi connectivity index (χ2v) is 11.2. The average molecular weight is 589 g/mol. The summed E-state index contributed by atoms with van der Waals surface area (Å²) in [6, 6.07) is 15.7. The van der Waals surface area contributed by atoms with Crippen molar-refractivity contribution in [2.75, 3.05) is 34.5 Å². The number of amides is 3. The third-order valence-corrected chi connectivity index (χ3v) is 7.14. The zero-order valence-electron chi connectivity index (χ0n) is 22.1. The lowest BCUT2D eigenvalue weighted by atomic mass is 10.0. The molecule has 2 N–H and O–H groups in total. The van der Waals surface area contributed by atoms with E-state index >= 15 is 0 Å². The summed E-state index contributed by atoms with van der Waals surface area (Å²) in [4.78, 5) is 35.2. The number of nitrogens with zero attached hydrogens (tertiary/aromatic N) is 4. The smallest absolute Gasteiger partial charge is 0.378 e. The number of carbonyl (C=O) groups is 2. The molecule has 0 spiro atoms. The van der Waals surface area contributed by atoms with Gasteiger partial charge in [-0.1, -0.05) is 0 Å². The lowest BCUT2D eigenvalue weighted by Gasteiger charge is -2.27. The number of carbonyl (C=O) groups excluding carboxylic acids is 2. The molecular formula is C27H27F3N6O2S2. The molecule has 40 heavy (non-hydrogen) atoms. The monoisotopic (exact) mass is 588 g/mol. The van der Waals surface area contributed by atoms with Gasteiger partial charge in [-0.05, 0) is 104 Å². The molecule has 4 rings (SSSR count). The van der Waals surface area contributed by atoms with Crippen molar-refractivity contribution in [3.63, 3.8) is 0 Å². The number of aromatic nitrogens is 1. The van der Waals surface area contributed by atoms with Crippen LogP contribution in [0.15, 0.2) is 71.8 Å². The molecule has 8 nitrogen and oxygen atoms in total. The standard InChI is InChI=1S/C27H27F3N6O2S2/c1-26(2)23(37)36(20-9-11-21(12-10-20)40-27(28,29)30)25(38)35(26)16-17-13-14-31-22(15-17)33-24(39)32-18-5-7-19(8-6-18)34(3)4/h5-15H,16H2,1-4H3,(H2,31,32,33,39). The average Bonchev–Trinajstić information content (AvgIpc) is 3.03. The highest BCUT2D eigenvalue weighted by atomic mass is 32.2. The molecule has 0 atom stereocenters. The second-order valence-electron chi connectivity index (χ2n) is 9.68. The van der Waals surface area contributed by atoms with Crippen LogP contribution >= 0.6 is 24.0 Å². The highest BCUT2D eigenvalue weighted by Gasteiger charge is 2.51. The summed E-state index contributed by atoms with van der Waals surface area (Å²) in [6.07, 6.45) is 1.57. The summed E-state index contributed by atoms with van der Waals surface area (Å²) >= 11 is 5.15. The SMILES string of the molecule is CN(C)c1ccc(NC(=S)Nc2cc(CN3C(=O)N(c4ccc(SC(F)(F)F)cc4)C(=O)C3(C)C)ccn2)cc1. The van der Waals surface area contributed by atoms with Gasteiger partial charge in [-0.2, -0.15) is 13.2 Å². The maximum Gasteiger partial charge on any atom is 0.446 e. The Morgan fingerprint density at radius 1 is 1.02 bits per heavy atom. The molecule has 1 aromatic heterocycles. The number of anilines is 4. The number of nitrogens with one attached hydrogen (secondary N) is 2. The van der Waals surface area contributed by atoms with Crippen molar-refractivity contribution in [2.45, 2.75) is 36.3 Å². The van der Waals surface area contributed by atoms with Crippen molar-refractivity contribution in [3.8, 4) is 0 Å². The van der Waals surface area contributed by atoms with E-state index in [9.17, 15) is 22.8 Å². The van der Waals surface area contributed by atoms with E-state index in [1.54, 1.807) is 32.2 Å². The Morgan fingerprint density at radius 2 is 1.68 bits per heavy atom. The van der Waals surface area contributed by atoms with Crippen LogP contribution in [0.3, 0.4) is 0 Å². The summed E-state index contributed by atoms with van der Waals surface area (Å²) in [5.74, 6) is -0.0305. The molecule has 0 saturated carbocycles. The predicted octanol–water partition coefficient (Wildman–Crippen LogP) is 6.32. The van der Waals surface area contributed by atoms with Gasteiger partial charge in [0.1, 0.15) is 11.4 Å².